The number of piperidine rings is 1. The van der Waals surface area contributed by atoms with Gasteiger partial charge in [-0.2, -0.15) is 0 Å². The number of benzene rings is 1. The molecular weight excluding hydrogens is 474 g/mol. The molecule has 0 aliphatic carbocycles. The van der Waals surface area contributed by atoms with E-state index < -0.39 is 11.5 Å². The molecule has 6 nitrogen and oxygen atoms in total. The van der Waals surface area contributed by atoms with Crippen LogP contribution in [-0.4, -0.2) is 85.0 Å². The van der Waals surface area contributed by atoms with Gasteiger partial charge in [-0.1, -0.05) is 46.5 Å². The highest BCUT2D eigenvalue weighted by atomic mass is 31.0. The van der Waals surface area contributed by atoms with Crippen LogP contribution in [0.4, 0.5) is 4.39 Å². The number of nitrogens with zero attached hydrogens (tertiary/aromatic N) is 3. The minimum atomic E-state index is -1.42. The molecule has 0 spiro atoms. The molecule has 6 unspecified atom stereocenters. The van der Waals surface area contributed by atoms with Crippen LogP contribution >= 0.6 is 9.24 Å². The van der Waals surface area contributed by atoms with Crippen molar-refractivity contribution in [1.82, 2.24) is 15.1 Å². The van der Waals surface area contributed by atoms with Crippen molar-refractivity contribution in [2.45, 2.75) is 69.9 Å². The van der Waals surface area contributed by atoms with Gasteiger partial charge >= 0.3 is 0 Å². The van der Waals surface area contributed by atoms with Gasteiger partial charge < -0.3 is 15.0 Å². The fourth-order valence-corrected chi connectivity index (χ4v) is 6.70. The van der Waals surface area contributed by atoms with Crippen molar-refractivity contribution in [2.75, 3.05) is 39.8 Å². The highest BCUT2D eigenvalue weighted by molar-refractivity contribution is 7.18. The van der Waals surface area contributed by atoms with Crippen molar-refractivity contribution < 1.29 is 14.0 Å². The molecule has 6 atom stereocenters. The third-order valence-electron chi connectivity index (χ3n) is 7.92. The lowest BCUT2D eigenvalue weighted by Crippen LogP contribution is -2.44. The molecule has 0 radical (unpaired) electrons. The van der Waals surface area contributed by atoms with Crippen LogP contribution in [0.2, 0.25) is 0 Å². The molecule has 3 heterocycles. The van der Waals surface area contributed by atoms with Crippen LogP contribution in [0.1, 0.15) is 57.9 Å². The number of halogens is 1. The molecule has 0 saturated carbocycles. The van der Waals surface area contributed by atoms with E-state index in [0.717, 1.165) is 51.0 Å². The van der Waals surface area contributed by atoms with Crippen molar-refractivity contribution in [3.8, 4) is 0 Å². The first-order chi connectivity index (χ1) is 17.1. The van der Waals surface area contributed by atoms with E-state index in [2.05, 4.69) is 54.8 Å². The average Bonchev–Trinajstić information content (AvgIpc) is 3.34. The summed E-state index contributed by atoms with van der Waals surface area (Å²) in [5, 5.41) is 1.54. The number of aliphatic imine (C=N–C) groups is 1. The van der Waals surface area contributed by atoms with Gasteiger partial charge in [-0.3, -0.25) is 14.7 Å². The third kappa shape index (κ3) is 7.66. The number of rotatable bonds is 6. The second-order valence-corrected chi connectivity index (χ2v) is 12.0. The van der Waals surface area contributed by atoms with Crippen LogP contribution in [0, 0.1) is 11.8 Å². The summed E-state index contributed by atoms with van der Waals surface area (Å²) in [6.45, 7) is 9.98. The lowest BCUT2D eigenvalue weighted by atomic mass is 9.79. The van der Waals surface area contributed by atoms with E-state index in [-0.39, 0.29) is 17.7 Å². The number of carbonyl (C=O) groups excluding carboxylic acids is 2. The van der Waals surface area contributed by atoms with Gasteiger partial charge in [0.2, 0.25) is 5.91 Å². The second-order valence-electron chi connectivity index (χ2n) is 10.9. The summed E-state index contributed by atoms with van der Waals surface area (Å²) in [7, 11) is 4.01. The molecule has 3 aliphatic rings. The van der Waals surface area contributed by atoms with Gasteiger partial charge in [-0.25, -0.2) is 4.39 Å². The average molecular weight is 519 g/mol. The standard InChI is InChI=1S/C18H27N3O.C10H17FNOP/c1-19-13-18(22)21-12-9-17(14-21)20-10-7-16(8-11-20)15-5-3-2-4-6-15;1-6-4-7(2)12-8(5-13)9(6)10(3,11)14/h2-6,16-17,19H,7-14H2,1H3;5-6,8-9H,4,14H2,1-3H3. The quantitative estimate of drug-likeness (QED) is 0.458. The number of hydrogen-bond acceptors (Lipinski definition) is 5. The Labute approximate surface area is 218 Å². The molecule has 2 fully saturated rings. The summed E-state index contributed by atoms with van der Waals surface area (Å²) in [5.74, 6) is 0.786. The summed E-state index contributed by atoms with van der Waals surface area (Å²) in [4.78, 5) is 31.6. The van der Waals surface area contributed by atoms with Crippen molar-refractivity contribution in [1.29, 1.82) is 0 Å². The highest BCUT2D eigenvalue weighted by Crippen LogP contribution is 2.41. The van der Waals surface area contributed by atoms with E-state index in [1.54, 1.807) is 0 Å². The van der Waals surface area contributed by atoms with Gasteiger partial charge in [0.1, 0.15) is 17.7 Å². The van der Waals surface area contributed by atoms with E-state index in [1.807, 2.05) is 25.8 Å². The molecule has 2 saturated heterocycles. The Balaban J connectivity index is 0.000000223. The summed E-state index contributed by atoms with van der Waals surface area (Å²) in [6, 6.07) is 10.9. The first-order valence-electron chi connectivity index (χ1n) is 13.3. The maximum Gasteiger partial charge on any atom is 0.236 e. The van der Waals surface area contributed by atoms with Crippen molar-refractivity contribution >= 4 is 27.1 Å². The van der Waals surface area contributed by atoms with Crippen LogP contribution in [0.25, 0.3) is 0 Å². The molecule has 36 heavy (non-hydrogen) atoms. The van der Waals surface area contributed by atoms with E-state index in [4.69, 9.17) is 0 Å². The minimum Gasteiger partial charge on any atom is -0.340 e. The molecule has 3 aliphatic heterocycles. The molecule has 0 bridgehead atoms. The number of aldehydes is 1. The van der Waals surface area contributed by atoms with Gasteiger partial charge in [0.05, 0.1) is 6.54 Å². The van der Waals surface area contributed by atoms with E-state index in [1.165, 1.54) is 25.3 Å². The van der Waals surface area contributed by atoms with E-state index in [9.17, 15) is 14.0 Å². The first-order valence-corrected chi connectivity index (χ1v) is 13.9. The van der Waals surface area contributed by atoms with Crippen LogP contribution < -0.4 is 5.32 Å². The zero-order valence-electron chi connectivity index (χ0n) is 22.3. The zero-order valence-corrected chi connectivity index (χ0v) is 23.5. The van der Waals surface area contributed by atoms with Gasteiger partial charge in [-0.15, -0.1) is 0 Å². The Morgan fingerprint density at radius 1 is 1.22 bits per heavy atom. The maximum absolute atomic E-state index is 13.8. The lowest BCUT2D eigenvalue weighted by Gasteiger charge is -2.37. The number of likely N-dealkylation sites (tertiary alicyclic amines) is 2. The van der Waals surface area contributed by atoms with Crippen LogP contribution in [0.5, 0.6) is 0 Å². The van der Waals surface area contributed by atoms with E-state index >= 15 is 0 Å². The Hall–Kier alpha value is -1.69. The lowest BCUT2D eigenvalue weighted by molar-refractivity contribution is -0.129. The van der Waals surface area contributed by atoms with Crippen molar-refractivity contribution in [3.63, 3.8) is 0 Å². The predicted octanol–water partition coefficient (Wildman–Crippen LogP) is 3.92. The minimum absolute atomic E-state index is 0.162. The third-order valence-corrected chi connectivity index (χ3v) is 8.30. The first kappa shape index (κ1) is 28.9. The molecule has 0 aromatic heterocycles. The van der Waals surface area contributed by atoms with Gasteiger partial charge in [0, 0.05) is 30.8 Å². The fraction of sp³-hybridized carbons (Fsp3) is 0.679. The normalized spacial score (nSPS) is 29.1. The summed E-state index contributed by atoms with van der Waals surface area (Å²) >= 11 is 0. The number of alkyl halides is 1. The van der Waals surface area contributed by atoms with Crippen molar-refractivity contribution in [3.05, 3.63) is 35.9 Å². The monoisotopic (exact) mass is 518 g/mol. The molecule has 200 valence electrons. The number of nitrogens with one attached hydrogen (secondary N) is 1. The Morgan fingerprint density at radius 2 is 1.89 bits per heavy atom. The molecule has 8 heteroatoms. The SMILES string of the molecule is CC1=NC(C=O)C(C(C)(F)P)C(C)C1.CNCC(=O)N1CCC(N2CCC(c3ccccc3)CC2)C1. The Morgan fingerprint density at radius 3 is 2.47 bits per heavy atom. The number of amides is 1. The van der Waals surface area contributed by atoms with Crippen molar-refractivity contribution in [2.24, 2.45) is 16.8 Å². The molecule has 1 N–H and O–H groups in total. The molecule has 1 amide bonds. The second kappa shape index (κ2) is 13.2. The summed E-state index contributed by atoms with van der Waals surface area (Å²) in [6.07, 6.45) is 5.15. The summed E-state index contributed by atoms with van der Waals surface area (Å²) < 4.78 is 13.8. The van der Waals surface area contributed by atoms with Crippen LogP contribution in [0.15, 0.2) is 35.3 Å². The molecule has 1 aromatic carbocycles. The number of hydrogen-bond donors (Lipinski definition) is 1. The van der Waals surface area contributed by atoms with Crippen LogP contribution in [-0.2, 0) is 9.59 Å². The predicted molar refractivity (Wildman–Crippen MR) is 148 cm³/mol. The Bertz CT molecular complexity index is 883. The smallest absolute Gasteiger partial charge is 0.236 e. The number of carbonyl (C=O) groups is 2. The fourth-order valence-electron chi connectivity index (χ4n) is 6.17. The van der Waals surface area contributed by atoms with Gasteiger partial charge in [0.15, 0.2) is 0 Å². The summed E-state index contributed by atoms with van der Waals surface area (Å²) in [5.41, 5.74) is 2.43. The maximum atomic E-state index is 13.8. The number of likely N-dealkylation sites (N-methyl/N-ethyl adjacent to an activating group) is 1. The van der Waals surface area contributed by atoms with Gasteiger partial charge in [0.25, 0.3) is 0 Å². The molecule has 4 rings (SSSR count). The zero-order chi connectivity index (χ0) is 26.3. The molecular formula is C28H44FN4O2P. The Kier molecular flexibility index (Phi) is 10.6. The molecule has 1 aromatic rings. The van der Waals surface area contributed by atoms with Gasteiger partial charge in [-0.05, 0) is 77.1 Å². The largest absolute Gasteiger partial charge is 0.340 e. The highest BCUT2D eigenvalue weighted by Gasteiger charge is 2.42. The topological polar surface area (TPSA) is 65.0 Å². The van der Waals surface area contributed by atoms with E-state index in [0.29, 0.717) is 18.5 Å². The van der Waals surface area contributed by atoms with Crippen LogP contribution in [0.3, 0.4) is 0 Å².